The normalized spacial score (nSPS) is 14.1. The smallest absolute Gasteiger partial charge is 0.229 e. The van der Waals surface area contributed by atoms with Gasteiger partial charge in [-0.15, -0.1) is 0 Å². The van der Waals surface area contributed by atoms with Crippen LogP contribution in [0.15, 0.2) is 54.7 Å². The topological polar surface area (TPSA) is 54.9 Å². The molecular weight excluding hydrogens is 384 g/mol. The van der Waals surface area contributed by atoms with E-state index < -0.39 is 0 Å². The molecule has 1 heterocycles. The van der Waals surface area contributed by atoms with Crippen molar-refractivity contribution in [3.63, 3.8) is 0 Å². The number of hydrogen-bond donors (Lipinski definition) is 1. The SMILES string of the molecule is O=C(Cc1ccc(F)cc1)Nc1ncc(-c2ccc(F)cc2)nc1CC1CCCC1. The van der Waals surface area contributed by atoms with Crippen LogP contribution in [0.1, 0.15) is 36.9 Å². The van der Waals surface area contributed by atoms with Gasteiger partial charge in [-0.1, -0.05) is 37.8 Å². The van der Waals surface area contributed by atoms with Crippen LogP contribution < -0.4 is 5.32 Å². The van der Waals surface area contributed by atoms with E-state index in [2.05, 4.69) is 10.3 Å². The van der Waals surface area contributed by atoms with Gasteiger partial charge >= 0.3 is 0 Å². The monoisotopic (exact) mass is 407 g/mol. The number of benzene rings is 2. The first-order chi connectivity index (χ1) is 14.6. The average Bonchev–Trinajstić information content (AvgIpc) is 3.25. The van der Waals surface area contributed by atoms with Crippen molar-refractivity contribution in [2.45, 2.75) is 38.5 Å². The summed E-state index contributed by atoms with van der Waals surface area (Å²) in [6.45, 7) is 0. The summed E-state index contributed by atoms with van der Waals surface area (Å²) in [6, 6.07) is 12.0. The van der Waals surface area contributed by atoms with Gasteiger partial charge in [0.25, 0.3) is 0 Å². The Balaban J connectivity index is 1.56. The molecule has 0 atom stereocenters. The molecule has 1 aliphatic rings. The van der Waals surface area contributed by atoms with Crippen LogP contribution in [0, 0.1) is 17.6 Å². The molecule has 2 aromatic carbocycles. The van der Waals surface area contributed by atoms with Crippen molar-refractivity contribution in [1.82, 2.24) is 9.97 Å². The minimum atomic E-state index is -0.333. The first kappa shape index (κ1) is 20.1. The number of amides is 1. The lowest BCUT2D eigenvalue weighted by molar-refractivity contribution is -0.115. The second kappa shape index (κ2) is 9.11. The van der Waals surface area contributed by atoms with Crippen molar-refractivity contribution >= 4 is 11.7 Å². The highest BCUT2D eigenvalue weighted by Crippen LogP contribution is 2.30. The van der Waals surface area contributed by atoms with Crippen molar-refractivity contribution in [2.75, 3.05) is 5.32 Å². The lowest BCUT2D eigenvalue weighted by Crippen LogP contribution is -2.18. The van der Waals surface area contributed by atoms with Crippen molar-refractivity contribution in [1.29, 1.82) is 0 Å². The number of hydrogen-bond acceptors (Lipinski definition) is 3. The Bertz CT molecular complexity index is 1010. The zero-order chi connectivity index (χ0) is 20.9. The van der Waals surface area contributed by atoms with E-state index in [4.69, 9.17) is 4.98 Å². The number of carbonyl (C=O) groups excluding carboxylic acids is 1. The van der Waals surface area contributed by atoms with Crippen LogP contribution in [0.4, 0.5) is 14.6 Å². The highest BCUT2D eigenvalue weighted by molar-refractivity contribution is 5.92. The van der Waals surface area contributed by atoms with E-state index in [1.54, 1.807) is 30.5 Å². The van der Waals surface area contributed by atoms with Crippen LogP contribution in [-0.4, -0.2) is 15.9 Å². The van der Waals surface area contributed by atoms with Crippen molar-refractivity contribution in [2.24, 2.45) is 5.92 Å². The fraction of sp³-hybridized carbons (Fsp3) is 0.292. The number of anilines is 1. The molecule has 6 heteroatoms. The number of aromatic nitrogens is 2. The van der Waals surface area contributed by atoms with Gasteiger partial charge in [-0.05, 0) is 54.3 Å². The van der Waals surface area contributed by atoms with Gasteiger partial charge in [-0.25, -0.2) is 18.7 Å². The zero-order valence-electron chi connectivity index (χ0n) is 16.6. The zero-order valence-corrected chi connectivity index (χ0v) is 16.6. The molecule has 4 nitrogen and oxygen atoms in total. The second-order valence-corrected chi connectivity index (χ2v) is 7.76. The van der Waals surface area contributed by atoms with E-state index >= 15 is 0 Å². The van der Waals surface area contributed by atoms with Crippen LogP contribution >= 0.6 is 0 Å². The van der Waals surface area contributed by atoms with Gasteiger partial charge in [0.2, 0.25) is 5.91 Å². The number of rotatable bonds is 6. The molecule has 0 radical (unpaired) electrons. The van der Waals surface area contributed by atoms with Gasteiger partial charge in [0.05, 0.1) is 24.0 Å². The van der Waals surface area contributed by atoms with Gasteiger partial charge in [-0.2, -0.15) is 0 Å². The predicted molar refractivity (Wildman–Crippen MR) is 112 cm³/mol. The summed E-state index contributed by atoms with van der Waals surface area (Å²) in [6.07, 6.45) is 7.18. The molecule has 1 aromatic heterocycles. The van der Waals surface area contributed by atoms with Gasteiger partial charge in [-0.3, -0.25) is 4.79 Å². The molecule has 0 spiro atoms. The summed E-state index contributed by atoms with van der Waals surface area (Å²) in [4.78, 5) is 21.8. The summed E-state index contributed by atoms with van der Waals surface area (Å²) < 4.78 is 26.3. The summed E-state index contributed by atoms with van der Waals surface area (Å²) in [5.41, 5.74) is 2.90. The maximum absolute atomic E-state index is 13.3. The van der Waals surface area contributed by atoms with Crippen molar-refractivity contribution < 1.29 is 13.6 Å². The van der Waals surface area contributed by atoms with Crippen molar-refractivity contribution in [3.8, 4) is 11.3 Å². The number of nitrogens with zero attached hydrogens (tertiary/aromatic N) is 2. The third-order valence-electron chi connectivity index (χ3n) is 5.48. The van der Waals surface area contributed by atoms with E-state index in [1.807, 2.05) is 0 Å². The standard InChI is InChI=1S/C24H23F2N3O/c25-19-9-5-17(6-10-19)14-23(30)29-24-21(13-16-3-1-2-4-16)28-22(15-27-24)18-7-11-20(26)12-8-18/h5-12,15-16H,1-4,13-14H2,(H,27,29,30). The van der Waals surface area contributed by atoms with Gasteiger partial charge in [0.15, 0.2) is 5.82 Å². The molecule has 0 unspecified atom stereocenters. The lowest BCUT2D eigenvalue weighted by Gasteiger charge is -2.14. The fourth-order valence-electron chi connectivity index (χ4n) is 3.89. The highest BCUT2D eigenvalue weighted by atomic mass is 19.1. The maximum atomic E-state index is 13.3. The van der Waals surface area contributed by atoms with Crippen molar-refractivity contribution in [3.05, 3.63) is 77.6 Å². The van der Waals surface area contributed by atoms with Crippen LogP contribution in [0.2, 0.25) is 0 Å². The van der Waals surface area contributed by atoms with E-state index in [-0.39, 0.29) is 24.0 Å². The largest absolute Gasteiger partial charge is 0.309 e. The minimum Gasteiger partial charge on any atom is -0.309 e. The fourth-order valence-corrected chi connectivity index (χ4v) is 3.89. The Morgan fingerprint density at radius 2 is 1.60 bits per heavy atom. The molecule has 1 saturated carbocycles. The van der Waals surface area contributed by atoms with Gasteiger partial charge < -0.3 is 5.32 Å². The molecule has 1 amide bonds. The molecule has 0 saturated heterocycles. The number of carbonyl (C=O) groups is 1. The summed E-state index contributed by atoms with van der Waals surface area (Å²) in [5.74, 6) is 0.122. The molecule has 0 bridgehead atoms. The number of nitrogens with one attached hydrogen (secondary N) is 1. The van der Waals surface area contributed by atoms with E-state index in [9.17, 15) is 13.6 Å². The first-order valence-corrected chi connectivity index (χ1v) is 10.2. The molecule has 1 N–H and O–H groups in total. The third kappa shape index (κ3) is 5.06. The molecule has 154 valence electrons. The average molecular weight is 407 g/mol. The van der Waals surface area contributed by atoms with Crippen LogP contribution in [0.3, 0.4) is 0 Å². The quantitative estimate of drug-likeness (QED) is 0.600. The van der Waals surface area contributed by atoms with Crippen LogP contribution in [0.25, 0.3) is 11.3 Å². The molecule has 1 fully saturated rings. The van der Waals surface area contributed by atoms with E-state index in [0.29, 0.717) is 17.4 Å². The Hall–Kier alpha value is -3.15. The highest BCUT2D eigenvalue weighted by Gasteiger charge is 2.20. The van der Waals surface area contributed by atoms with Gasteiger partial charge in [0.1, 0.15) is 11.6 Å². The molecule has 30 heavy (non-hydrogen) atoms. The Kier molecular flexibility index (Phi) is 6.12. The Morgan fingerprint density at radius 1 is 0.967 bits per heavy atom. The Morgan fingerprint density at radius 3 is 2.27 bits per heavy atom. The van der Waals surface area contributed by atoms with Crippen LogP contribution in [0.5, 0.6) is 0 Å². The molecular formula is C24H23F2N3O. The van der Waals surface area contributed by atoms with Crippen LogP contribution in [-0.2, 0) is 17.6 Å². The molecule has 4 rings (SSSR count). The second-order valence-electron chi connectivity index (χ2n) is 7.76. The predicted octanol–water partition coefficient (Wildman–Crippen LogP) is 5.34. The first-order valence-electron chi connectivity index (χ1n) is 10.2. The Labute approximate surface area is 174 Å². The van der Waals surface area contributed by atoms with E-state index in [1.165, 1.54) is 37.1 Å². The summed E-state index contributed by atoms with van der Waals surface area (Å²) >= 11 is 0. The summed E-state index contributed by atoms with van der Waals surface area (Å²) in [5, 5.41) is 2.87. The molecule has 1 aliphatic carbocycles. The van der Waals surface area contributed by atoms with Gasteiger partial charge in [0, 0.05) is 5.56 Å². The van der Waals surface area contributed by atoms with E-state index in [0.717, 1.165) is 36.1 Å². The lowest BCUT2D eigenvalue weighted by atomic mass is 10.0. The summed E-state index contributed by atoms with van der Waals surface area (Å²) in [7, 11) is 0. The minimum absolute atomic E-state index is 0.130. The molecule has 0 aliphatic heterocycles. The maximum Gasteiger partial charge on any atom is 0.229 e. The third-order valence-corrected chi connectivity index (χ3v) is 5.48. The number of halogens is 2. The molecule has 3 aromatic rings.